The number of aromatic nitrogens is 1. The molecule has 0 bridgehead atoms. The number of amides is 1. The average Bonchev–Trinajstić information content (AvgIpc) is 3.33. The molecule has 1 N–H and O–H groups in total. The van der Waals surface area contributed by atoms with E-state index in [4.69, 9.17) is 14.5 Å². The summed E-state index contributed by atoms with van der Waals surface area (Å²) in [6.45, 7) is 4.65. The molecule has 2 aromatic rings. The first-order valence-corrected chi connectivity index (χ1v) is 9.78. The summed E-state index contributed by atoms with van der Waals surface area (Å²) < 4.78 is 10.9. The molecule has 0 aliphatic carbocycles. The Morgan fingerprint density at radius 1 is 1.38 bits per heavy atom. The zero-order valence-corrected chi connectivity index (χ0v) is 15.8. The lowest BCUT2D eigenvalue weighted by atomic mass is 10.1. The Bertz CT molecular complexity index is 807. The largest absolute Gasteiger partial charge is 0.493 e. The molecule has 4 rings (SSSR count). The number of hydrogen-bond acceptors (Lipinski definition) is 6. The SMILES string of the molecule is CCOc1ccccc1-c1nc2c(s1)C(=O)N([C@H]1CN[C@H](COC)C1)C2. The lowest BCUT2D eigenvalue weighted by molar-refractivity contribution is 0.0714. The highest BCUT2D eigenvalue weighted by molar-refractivity contribution is 7.17. The monoisotopic (exact) mass is 373 g/mol. The summed E-state index contributed by atoms with van der Waals surface area (Å²) in [4.78, 5) is 20.4. The Morgan fingerprint density at radius 3 is 3.00 bits per heavy atom. The molecule has 1 fully saturated rings. The summed E-state index contributed by atoms with van der Waals surface area (Å²) in [7, 11) is 1.71. The maximum atomic E-state index is 12.9. The van der Waals surface area contributed by atoms with Crippen LogP contribution in [0.15, 0.2) is 24.3 Å². The van der Waals surface area contributed by atoms with Crippen molar-refractivity contribution in [1.29, 1.82) is 0 Å². The minimum absolute atomic E-state index is 0.0995. The molecule has 0 radical (unpaired) electrons. The number of para-hydroxylation sites is 1. The van der Waals surface area contributed by atoms with Gasteiger partial charge in [-0.2, -0.15) is 0 Å². The Hall–Kier alpha value is -1.96. The van der Waals surface area contributed by atoms with Gasteiger partial charge < -0.3 is 19.7 Å². The highest BCUT2D eigenvalue weighted by Gasteiger charge is 2.39. The van der Waals surface area contributed by atoms with Crippen LogP contribution in [0.4, 0.5) is 0 Å². The van der Waals surface area contributed by atoms with Gasteiger partial charge >= 0.3 is 0 Å². The third-order valence-corrected chi connectivity index (χ3v) is 6.02. The summed E-state index contributed by atoms with van der Waals surface area (Å²) in [5, 5.41) is 4.29. The van der Waals surface area contributed by atoms with Gasteiger partial charge in [0, 0.05) is 25.7 Å². The summed E-state index contributed by atoms with van der Waals surface area (Å²) in [5.41, 5.74) is 1.84. The fraction of sp³-hybridized carbons (Fsp3) is 0.474. The zero-order chi connectivity index (χ0) is 18.1. The van der Waals surface area contributed by atoms with Crippen LogP contribution in [0.1, 0.15) is 28.7 Å². The van der Waals surface area contributed by atoms with Gasteiger partial charge in [-0.25, -0.2) is 4.98 Å². The van der Waals surface area contributed by atoms with Gasteiger partial charge in [0.15, 0.2) is 0 Å². The third kappa shape index (κ3) is 3.11. The molecule has 2 aliphatic rings. The van der Waals surface area contributed by atoms with E-state index in [1.165, 1.54) is 11.3 Å². The number of rotatable bonds is 6. The number of carbonyl (C=O) groups is 1. The highest BCUT2D eigenvalue weighted by Crippen LogP contribution is 2.38. The molecule has 0 unspecified atom stereocenters. The van der Waals surface area contributed by atoms with Crippen LogP contribution >= 0.6 is 11.3 Å². The number of fused-ring (bicyclic) bond motifs is 1. The number of methoxy groups -OCH3 is 1. The van der Waals surface area contributed by atoms with E-state index in [0.717, 1.165) is 39.9 Å². The van der Waals surface area contributed by atoms with Crippen LogP contribution in [0.3, 0.4) is 0 Å². The van der Waals surface area contributed by atoms with Crippen LogP contribution < -0.4 is 10.1 Å². The van der Waals surface area contributed by atoms with Gasteiger partial charge in [-0.1, -0.05) is 12.1 Å². The van der Waals surface area contributed by atoms with Gasteiger partial charge in [0.2, 0.25) is 0 Å². The number of hydrogen-bond donors (Lipinski definition) is 1. The fourth-order valence-corrected chi connectivity index (χ4v) is 4.75. The number of nitrogens with zero attached hydrogens (tertiary/aromatic N) is 2. The van der Waals surface area contributed by atoms with E-state index in [1.54, 1.807) is 7.11 Å². The average molecular weight is 373 g/mol. The molecule has 3 heterocycles. The molecule has 1 saturated heterocycles. The van der Waals surface area contributed by atoms with E-state index in [2.05, 4.69) is 5.32 Å². The van der Waals surface area contributed by atoms with E-state index in [1.807, 2.05) is 36.1 Å². The van der Waals surface area contributed by atoms with Crippen LogP contribution in [0, 0.1) is 0 Å². The molecular formula is C19H23N3O3S. The first-order valence-electron chi connectivity index (χ1n) is 8.96. The Balaban J connectivity index is 1.53. The van der Waals surface area contributed by atoms with Gasteiger partial charge in [-0.3, -0.25) is 4.79 Å². The standard InChI is InChI=1S/C19H23N3O3S/c1-3-25-16-7-5-4-6-14(16)18-21-15-10-22(19(23)17(15)26-18)13-8-12(11-24-2)20-9-13/h4-7,12-13,20H,3,8-11H2,1-2H3/t12-,13+/m0/s1. The molecule has 26 heavy (non-hydrogen) atoms. The van der Waals surface area contributed by atoms with Crippen molar-refractivity contribution in [2.75, 3.05) is 26.9 Å². The Labute approximate surface area is 157 Å². The first kappa shape index (κ1) is 17.5. The minimum atomic E-state index is 0.0995. The molecule has 6 nitrogen and oxygen atoms in total. The van der Waals surface area contributed by atoms with Crippen molar-refractivity contribution in [1.82, 2.24) is 15.2 Å². The molecule has 2 aliphatic heterocycles. The van der Waals surface area contributed by atoms with Crippen molar-refractivity contribution < 1.29 is 14.3 Å². The lowest BCUT2D eigenvalue weighted by Gasteiger charge is -2.23. The van der Waals surface area contributed by atoms with Crippen LogP contribution in [0.25, 0.3) is 10.6 Å². The Kier molecular flexibility index (Phi) is 4.93. The van der Waals surface area contributed by atoms with E-state index in [9.17, 15) is 4.79 Å². The molecule has 1 amide bonds. The third-order valence-electron chi connectivity index (χ3n) is 4.90. The second-order valence-corrected chi connectivity index (χ2v) is 7.61. The summed E-state index contributed by atoms with van der Waals surface area (Å²) >= 11 is 1.47. The van der Waals surface area contributed by atoms with Crippen molar-refractivity contribution in [2.45, 2.75) is 32.0 Å². The zero-order valence-electron chi connectivity index (χ0n) is 15.0. The predicted molar refractivity (Wildman–Crippen MR) is 101 cm³/mol. The minimum Gasteiger partial charge on any atom is -0.493 e. The van der Waals surface area contributed by atoms with Crippen LogP contribution in [-0.4, -0.2) is 54.7 Å². The molecule has 7 heteroatoms. The smallest absolute Gasteiger partial charge is 0.266 e. The van der Waals surface area contributed by atoms with Crippen LogP contribution in [0.2, 0.25) is 0 Å². The fourth-order valence-electron chi connectivity index (χ4n) is 3.69. The quantitative estimate of drug-likeness (QED) is 0.843. The van der Waals surface area contributed by atoms with Crippen molar-refractivity contribution >= 4 is 17.2 Å². The number of thiazole rings is 1. The van der Waals surface area contributed by atoms with Gasteiger partial charge in [0.25, 0.3) is 5.91 Å². The van der Waals surface area contributed by atoms with Gasteiger partial charge in [0.05, 0.1) is 31.0 Å². The van der Waals surface area contributed by atoms with Gasteiger partial charge in [-0.05, 0) is 25.5 Å². The van der Waals surface area contributed by atoms with Crippen molar-refractivity contribution in [3.8, 4) is 16.3 Å². The summed E-state index contributed by atoms with van der Waals surface area (Å²) in [5.74, 6) is 0.914. The summed E-state index contributed by atoms with van der Waals surface area (Å²) in [6, 6.07) is 8.39. The normalized spacial score (nSPS) is 22.1. The molecule has 0 saturated carbocycles. The van der Waals surface area contributed by atoms with Crippen LogP contribution in [0.5, 0.6) is 5.75 Å². The van der Waals surface area contributed by atoms with Crippen molar-refractivity contribution in [3.63, 3.8) is 0 Å². The van der Waals surface area contributed by atoms with E-state index in [0.29, 0.717) is 25.8 Å². The molecule has 1 aromatic heterocycles. The second-order valence-electron chi connectivity index (χ2n) is 6.61. The number of ether oxygens (including phenoxy) is 2. The number of nitrogens with one attached hydrogen (secondary N) is 1. The second kappa shape index (κ2) is 7.34. The van der Waals surface area contributed by atoms with Crippen molar-refractivity contribution in [3.05, 3.63) is 34.8 Å². The number of carbonyl (C=O) groups excluding carboxylic acids is 1. The lowest BCUT2D eigenvalue weighted by Crippen LogP contribution is -2.36. The van der Waals surface area contributed by atoms with Crippen LogP contribution in [-0.2, 0) is 11.3 Å². The predicted octanol–water partition coefficient (Wildman–Crippen LogP) is 2.54. The maximum Gasteiger partial charge on any atom is 0.266 e. The van der Waals surface area contributed by atoms with E-state index >= 15 is 0 Å². The van der Waals surface area contributed by atoms with Gasteiger partial charge in [0.1, 0.15) is 15.6 Å². The summed E-state index contributed by atoms with van der Waals surface area (Å²) in [6.07, 6.45) is 0.925. The topological polar surface area (TPSA) is 63.7 Å². The number of benzene rings is 1. The van der Waals surface area contributed by atoms with E-state index < -0.39 is 0 Å². The molecule has 0 spiro atoms. The van der Waals surface area contributed by atoms with Gasteiger partial charge in [-0.15, -0.1) is 11.3 Å². The molecule has 1 aromatic carbocycles. The first-order chi connectivity index (χ1) is 12.7. The maximum absolute atomic E-state index is 12.9. The molecule has 138 valence electrons. The molecular weight excluding hydrogens is 350 g/mol. The molecule has 2 atom stereocenters. The Morgan fingerprint density at radius 2 is 2.23 bits per heavy atom. The highest BCUT2D eigenvalue weighted by atomic mass is 32.1. The van der Waals surface area contributed by atoms with Crippen molar-refractivity contribution in [2.24, 2.45) is 0 Å². The van der Waals surface area contributed by atoms with E-state index in [-0.39, 0.29) is 11.9 Å².